The Morgan fingerprint density at radius 3 is 2.61 bits per heavy atom. The molecule has 1 aromatic carbocycles. The molecule has 8 heteroatoms. The van der Waals surface area contributed by atoms with Crippen molar-refractivity contribution in [1.82, 2.24) is 5.32 Å². The average Bonchev–Trinajstić information content (AvgIpc) is 2.46. The lowest BCUT2D eigenvalue weighted by Crippen LogP contribution is -2.54. The number of hydrogen-bond donors (Lipinski definition) is 2. The van der Waals surface area contributed by atoms with Gasteiger partial charge in [0.2, 0.25) is 0 Å². The summed E-state index contributed by atoms with van der Waals surface area (Å²) in [4.78, 5) is 23.2. The van der Waals surface area contributed by atoms with Crippen LogP contribution in [0, 0.1) is 0 Å². The van der Waals surface area contributed by atoms with E-state index in [9.17, 15) is 9.59 Å². The first-order valence-electron chi connectivity index (χ1n) is 7.09. The molecule has 0 aromatic heterocycles. The minimum absolute atomic E-state index is 0.149. The molecule has 1 fully saturated rings. The van der Waals surface area contributed by atoms with Crippen molar-refractivity contribution >= 4 is 35.1 Å². The van der Waals surface area contributed by atoms with E-state index in [2.05, 4.69) is 5.32 Å². The molecule has 23 heavy (non-hydrogen) atoms. The first kappa shape index (κ1) is 17.8. The van der Waals surface area contributed by atoms with Gasteiger partial charge in [-0.1, -0.05) is 23.2 Å². The molecule has 1 aliphatic heterocycles. The maximum atomic E-state index is 12.1. The number of nitrogens with one attached hydrogen (secondary N) is 1. The molecular formula is C15H17Cl2NO5. The Bertz CT molecular complexity index is 587. The van der Waals surface area contributed by atoms with Crippen molar-refractivity contribution in [1.29, 1.82) is 0 Å². The van der Waals surface area contributed by atoms with Crippen LogP contribution in [0.1, 0.15) is 19.3 Å². The number of ether oxygens (including phenoxy) is 2. The van der Waals surface area contributed by atoms with E-state index < -0.39 is 17.4 Å². The maximum absolute atomic E-state index is 12.1. The third-order valence-corrected chi connectivity index (χ3v) is 4.13. The molecule has 1 saturated heterocycles. The van der Waals surface area contributed by atoms with Gasteiger partial charge in [0.25, 0.3) is 5.91 Å². The highest BCUT2D eigenvalue weighted by Gasteiger charge is 2.36. The number of carboxylic acids is 1. The number of carbonyl (C=O) groups excluding carboxylic acids is 1. The molecule has 0 saturated carbocycles. The molecule has 0 spiro atoms. The summed E-state index contributed by atoms with van der Waals surface area (Å²) < 4.78 is 10.6. The molecule has 1 aliphatic rings. The van der Waals surface area contributed by atoms with Crippen molar-refractivity contribution in [2.24, 2.45) is 0 Å². The van der Waals surface area contributed by atoms with Crippen LogP contribution in [0.15, 0.2) is 18.2 Å². The smallest absolute Gasteiger partial charge is 0.305 e. The van der Waals surface area contributed by atoms with Crippen LogP contribution < -0.4 is 10.1 Å². The van der Waals surface area contributed by atoms with Crippen molar-refractivity contribution in [3.63, 3.8) is 0 Å². The van der Waals surface area contributed by atoms with Crippen LogP contribution in [0.3, 0.4) is 0 Å². The molecule has 126 valence electrons. The van der Waals surface area contributed by atoms with Gasteiger partial charge in [0.15, 0.2) is 6.61 Å². The molecule has 1 amide bonds. The van der Waals surface area contributed by atoms with Gasteiger partial charge >= 0.3 is 5.97 Å². The first-order valence-corrected chi connectivity index (χ1v) is 7.84. The third kappa shape index (κ3) is 5.27. The quantitative estimate of drug-likeness (QED) is 0.812. The van der Waals surface area contributed by atoms with Crippen molar-refractivity contribution in [3.8, 4) is 5.75 Å². The Hall–Kier alpha value is -1.50. The first-order chi connectivity index (χ1) is 10.9. The van der Waals surface area contributed by atoms with Crippen molar-refractivity contribution in [2.45, 2.75) is 24.8 Å². The molecule has 0 radical (unpaired) electrons. The van der Waals surface area contributed by atoms with Gasteiger partial charge in [0, 0.05) is 18.2 Å². The lowest BCUT2D eigenvalue weighted by atomic mass is 9.86. The van der Waals surface area contributed by atoms with Gasteiger partial charge in [-0.3, -0.25) is 9.59 Å². The Morgan fingerprint density at radius 2 is 2.00 bits per heavy atom. The largest absolute Gasteiger partial charge is 0.482 e. The van der Waals surface area contributed by atoms with Crippen molar-refractivity contribution < 1.29 is 24.2 Å². The number of carbonyl (C=O) groups is 2. The molecule has 0 bridgehead atoms. The van der Waals surface area contributed by atoms with Gasteiger partial charge in [-0.15, -0.1) is 0 Å². The summed E-state index contributed by atoms with van der Waals surface area (Å²) in [5.41, 5.74) is -0.797. The number of amides is 1. The highest BCUT2D eigenvalue weighted by Crippen LogP contribution is 2.28. The number of hydrogen-bond acceptors (Lipinski definition) is 4. The lowest BCUT2D eigenvalue weighted by molar-refractivity contribution is -0.140. The van der Waals surface area contributed by atoms with Gasteiger partial charge in [-0.2, -0.15) is 0 Å². The fourth-order valence-electron chi connectivity index (χ4n) is 2.46. The van der Waals surface area contributed by atoms with E-state index in [1.54, 1.807) is 12.1 Å². The lowest BCUT2D eigenvalue weighted by Gasteiger charge is -2.36. The van der Waals surface area contributed by atoms with E-state index in [1.807, 2.05) is 0 Å². The number of rotatable bonds is 6. The minimum atomic E-state index is -0.964. The second-order valence-electron chi connectivity index (χ2n) is 5.37. The normalized spacial score (nSPS) is 16.6. The fraction of sp³-hybridized carbons (Fsp3) is 0.467. The van der Waals surface area contributed by atoms with Crippen LogP contribution in [0.5, 0.6) is 5.75 Å². The number of aliphatic carboxylic acids is 1. The van der Waals surface area contributed by atoms with Crippen LogP contribution in [0.4, 0.5) is 0 Å². The molecule has 2 rings (SSSR count). The molecule has 1 heterocycles. The molecule has 0 aliphatic carbocycles. The van der Waals surface area contributed by atoms with Crippen LogP contribution in [0.25, 0.3) is 0 Å². The maximum Gasteiger partial charge on any atom is 0.305 e. The van der Waals surface area contributed by atoms with Crippen molar-refractivity contribution in [2.75, 3.05) is 19.8 Å². The summed E-state index contributed by atoms with van der Waals surface area (Å²) >= 11 is 11.8. The summed E-state index contributed by atoms with van der Waals surface area (Å²) in [5.74, 6) is -1.03. The standard InChI is InChI=1S/C15H17Cl2NO5/c16-10-1-2-12(11(17)7-10)23-9-13(19)18-15(8-14(20)21)3-5-22-6-4-15/h1-2,7H,3-6,8-9H2,(H,18,19)(H,20,21). The van der Waals surface area contributed by atoms with E-state index in [0.29, 0.717) is 41.9 Å². The van der Waals surface area contributed by atoms with Gasteiger partial charge in [-0.05, 0) is 31.0 Å². The molecule has 6 nitrogen and oxygen atoms in total. The Labute approximate surface area is 143 Å². The average molecular weight is 362 g/mol. The molecule has 2 N–H and O–H groups in total. The van der Waals surface area contributed by atoms with Crippen LogP contribution in [-0.4, -0.2) is 42.3 Å². The number of benzene rings is 1. The highest BCUT2D eigenvalue weighted by atomic mass is 35.5. The fourth-order valence-corrected chi connectivity index (χ4v) is 2.93. The van der Waals surface area contributed by atoms with Crippen molar-refractivity contribution in [3.05, 3.63) is 28.2 Å². The van der Waals surface area contributed by atoms with Gasteiger partial charge in [0.05, 0.1) is 17.0 Å². The van der Waals surface area contributed by atoms with Gasteiger partial charge in [-0.25, -0.2) is 0 Å². The number of carboxylic acid groups (broad SMARTS) is 1. The molecular weight excluding hydrogens is 345 g/mol. The second-order valence-corrected chi connectivity index (χ2v) is 6.22. The SMILES string of the molecule is O=C(O)CC1(NC(=O)COc2ccc(Cl)cc2Cl)CCOCC1. The topological polar surface area (TPSA) is 84.9 Å². The predicted octanol–water partition coefficient (Wildman–Crippen LogP) is 2.51. The zero-order valence-corrected chi connectivity index (χ0v) is 13.8. The highest BCUT2D eigenvalue weighted by molar-refractivity contribution is 6.35. The summed E-state index contributed by atoms with van der Waals surface area (Å²) in [6.07, 6.45) is 0.753. The summed E-state index contributed by atoms with van der Waals surface area (Å²) in [6, 6.07) is 4.69. The molecule has 1 aromatic rings. The van der Waals surface area contributed by atoms with Crippen LogP contribution in [-0.2, 0) is 14.3 Å². The minimum Gasteiger partial charge on any atom is -0.482 e. The van der Waals surface area contributed by atoms with Crippen LogP contribution >= 0.6 is 23.2 Å². The predicted molar refractivity (Wildman–Crippen MR) is 85.1 cm³/mol. The van der Waals surface area contributed by atoms with E-state index in [4.69, 9.17) is 37.8 Å². The molecule has 0 unspecified atom stereocenters. The van der Waals surface area contributed by atoms with E-state index in [0.717, 1.165) is 0 Å². The molecule has 0 atom stereocenters. The van der Waals surface area contributed by atoms with E-state index in [1.165, 1.54) is 6.07 Å². The monoisotopic (exact) mass is 361 g/mol. The van der Waals surface area contributed by atoms with E-state index >= 15 is 0 Å². The third-order valence-electron chi connectivity index (χ3n) is 3.60. The zero-order chi connectivity index (χ0) is 16.9. The Kier molecular flexibility index (Phi) is 6.10. The summed E-state index contributed by atoms with van der Waals surface area (Å²) in [7, 11) is 0. The van der Waals surface area contributed by atoms with E-state index in [-0.39, 0.29) is 13.0 Å². The Morgan fingerprint density at radius 1 is 1.30 bits per heavy atom. The second kappa shape index (κ2) is 7.86. The summed E-state index contributed by atoms with van der Waals surface area (Å²) in [5, 5.41) is 12.6. The summed E-state index contributed by atoms with van der Waals surface area (Å²) in [6.45, 7) is 0.568. The van der Waals surface area contributed by atoms with Gasteiger partial charge in [0.1, 0.15) is 5.75 Å². The number of halogens is 2. The zero-order valence-electron chi connectivity index (χ0n) is 12.3. The Balaban J connectivity index is 1.95. The van der Waals surface area contributed by atoms with Crippen LogP contribution in [0.2, 0.25) is 10.0 Å². The van der Waals surface area contributed by atoms with Gasteiger partial charge < -0.3 is 19.9 Å².